The van der Waals surface area contributed by atoms with Crippen LogP contribution in [-0.2, 0) is 19.1 Å². The van der Waals surface area contributed by atoms with Crippen molar-refractivity contribution in [3.8, 4) is 0 Å². The van der Waals surface area contributed by atoms with Gasteiger partial charge >= 0.3 is 5.97 Å². The number of H-pyrrole nitrogens is 1. The van der Waals surface area contributed by atoms with Gasteiger partial charge in [-0.25, -0.2) is 4.98 Å². The Balaban J connectivity index is 1.16. The van der Waals surface area contributed by atoms with Crippen molar-refractivity contribution in [3.05, 3.63) is 29.9 Å². The predicted molar refractivity (Wildman–Crippen MR) is 259 cm³/mol. The number of aliphatic carboxylic acids is 1. The Morgan fingerprint density at radius 1 is 0.914 bits per heavy atom. The zero-order chi connectivity index (χ0) is 49.8. The van der Waals surface area contributed by atoms with Crippen LogP contribution in [0.3, 0.4) is 0 Å². The molecule has 0 spiro atoms. The summed E-state index contributed by atoms with van der Waals surface area (Å²) in [7, 11) is 0. The molecule has 3 heterocycles. The van der Waals surface area contributed by atoms with Gasteiger partial charge in [0.05, 0.1) is 37.2 Å². The van der Waals surface area contributed by atoms with Crippen LogP contribution in [0.2, 0.25) is 0 Å². The van der Waals surface area contributed by atoms with Gasteiger partial charge in [0.1, 0.15) is 18.3 Å². The number of ether oxygens (including phenoxy) is 2. The third-order valence-electron chi connectivity index (χ3n) is 22.8. The molecule has 10 rings (SSSR count). The molecular formula is C55H86N4O11. The normalized spacial score (nSPS) is 49.6. The molecular weight excluding hydrogens is 893 g/mol. The molecule has 1 aromatic heterocycles. The van der Waals surface area contributed by atoms with Gasteiger partial charge in [-0.15, -0.1) is 0 Å². The molecule has 7 aliphatic carbocycles. The number of allylic oxidation sites excluding steroid dienone is 2. The van der Waals surface area contributed by atoms with Crippen molar-refractivity contribution < 1.29 is 54.8 Å². The van der Waals surface area contributed by atoms with Crippen LogP contribution in [0.4, 0.5) is 0 Å². The van der Waals surface area contributed by atoms with E-state index in [0.717, 1.165) is 82.7 Å². The number of nitrogens with zero attached hydrogens (tertiary/aromatic N) is 1. The van der Waals surface area contributed by atoms with E-state index in [4.69, 9.17) is 15.2 Å². The minimum atomic E-state index is -1.60. The lowest BCUT2D eigenvalue weighted by atomic mass is 9.28. The molecule has 70 heavy (non-hydrogen) atoms. The number of aliphatic hydroxyl groups is 6. The SMILES string of the molecule is CC1(CO)CC2CCCC3CC2(C(=O)O)C(C1)C1=CCC2C4(C5CCCCC5)C(CC5CC(=O)NC5C(CCCN)c5cnc[nH]5)C(O)C(OC5OCC(O)C(O)C5O)C(C)(CO)C4CCC2(C)C13C. The number of aromatic nitrogens is 2. The molecule has 2 saturated heterocycles. The summed E-state index contributed by atoms with van der Waals surface area (Å²) in [4.78, 5) is 35.8. The van der Waals surface area contributed by atoms with Gasteiger partial charge in [-0.05, 0) is 159 Å². The Labute approximate surface area is 414 Å². The number of carboxylic acid groups (broad SMARTS) is 1. The molecule has 8 fully saturated rings. The minimum Gasteiger partial charge on any atom is -0.481 e. The van der Waals surface area contributed by atoms with E-state index in [2.05, 4.69) is 42.1 Å². The lowest BCUT2D eigenvalue weighted by Gasteiger charge is -2.77. The molecule has 21 unspecified atom stereocenters. The summed E-state index contributed by atoms with van der Waals surface area (Å²) in [6, 6.07) is -0.280. The van der Waals surface area contributed by atoms with E-state index in [9.17, 15) is 45.3 Å². The van der Waals surface area contributed by atoms with Gasteiger partial charge in [0, 0.05) is 42.3 Å². The standard InChI is InChI=1S/C55H86N4O11/c1-50(27-60)22-33-13-8-12-32-23-54(33,49(67)68)37(24-50)35-15-16-41-52(3,53(32,35)4)18-17-40-51(2,28-61)47(70-48-46(66)45(65)39(62)26-69-48)44(64)36(55(40,41)31-10-6-5-7-11-31)20-30-21-42(63)59-43(30)34(14-9-19-56)38-25-57-29-58-38/h15,25,29-34,36-37,39-41,43-48,60-62,64-66H,5-14,16-24,26-28,56H2,1-4H3,(H,57,58)(H,59,63)(H,67,68). The van der Waals surface area contributed by atoms with Gasteiger partial charge in [-0.3, -0.25) is 9.59 Å². The van der Waals surface area contributed by atoms with E-state index in [1.54, 1.807) is 6.33 Å². The van der Waals surface area contributed by atoms with Crippen LogP contribution >= 0.6 is 0 Å². The average Bonchev–Trinajstić information content (AvgIpc) is 3.97. The number of aromatic amines is 1. The summed E-state index contributed by atoms with van der Waals surface area (Å²) in [5, 5.41) is 84.8. The quantitative estimate of drug-likeness (QED) is 0.0905. The van der Waals surface area contributed by atoms with Crippen LogP contribution in [0.5, 0.6) is 0 Å². The number of rotatable bonds is 13. The second-order valence-corrected chi connectivity index (χ2v) is 25.7. The van der Waals surface area contributed by atoms with Crippen LogP contribution in [0.15, 0.2) is 24.2 Å². The molecule has 11 N–H and O–H groups in total. The van der Waals surface area contributed by atoms with Crippen molar-refractivity contribution in [3.63, 3.8) is 0 Å². The molecule has 15 nitrogen and oxygen atoms in total. The third-order valence-corrected chi connectivity index (χ3v) is 22.8. The highest BCUT2D eigenvalue weighted by atomic mass is 16.7. The van der Waals surface area contributed by atoms with Gasteiger partial charge in [0.2, 0.25) is 5.91 Å². The third kappa shape index (κ3) is 7.36. The van der Waals surface area contributed by atoms with Gasteiger partial charge < -0.3 is 61.3 Å². The summed E-state index contributed by atoms with van der Waals surface area (Å²) in [5.41, 5.74) is 4.66. The summed E-state index contributed by atoms with van der Waals surface area (Å²) >= 11 is 0. The van der Waals surface area contributed by atoms with Crippen LogP contribution in [0.1, 0.15) is 155 Å². The molecule has 1 aromatic rings. The fraction of sp³-hybridized carbons (Fsp3) is 0.873. The van der Waals surface area contributed by atoms with Crippen molar-refractivity contribution in [1.82, 2.24) is 15.3 Å². The number of hydrogen-bond donors (Lipinski definition) is 10. The van der Waals surface area contributed by atoms with Crippen LogP contribution < -0.4 is 11.1 Å². The molecule has 21 atom stereocenters. The summed E-state index contributed by atoms with van der Waals surface area (Å²) in [5.74, 6) is -1.62. The number of aliphatic hydroxyl groups excluding tert-OH is 6. The lowest BCUT2D eigenvalue weighted by molar-refractivity contribution is -0.350. The van der Waals surface area contributed by atoms with E-state index in [0.29, 0.717) is 38.6 Å². The number of nitrogens with one attached hydrogen (secondary N) is 2. The van der Waals surface area contributed by atoms with E-state index in [1.807, 2.05) is 13.1 Å². The maximum absolute atomic E-state index is 14.1. The predicted octanol–water partition coefficient (Wildman–Crippen LogP) is 5.18. The largest absolute Gasteiger partial charge is 0.481 e. The van der Waals surface area contributed by atoms with Crippen molar-refractivity contribution >= 4 is 11.9 Å². The second kappa shape index (κ2) is 18.7. The van der Waals surface area contributed by atoms with E-state index in [-0.39, 0.29) is 90.9 Å². The maximum Gasteiger partial charge on any atom is 0.310 e. The van der Waals surface area contributed by atoms with E-state index < -0.39 is 75.8 Å². The first kappa shape index (κ1) is 51.0. The molecule has 15 heteroatoms. The highest BCUT2D eigenvalue weighted by Gasteiger charge is 2.78. The zero-order valence-electron chi connectivity index (χ0n) is 42.3. The molecule has 0 radical (unpaired) electrons. The molecule has 0 aromatic carbocycles. The summed E-state index contributed by atoms with van der Waals surface area (Å²) in [6.07, 6.45) is 12.2. The molecule has 9 aliphatic rings. The van der Waals surface area contributed by atoms with Crippen LogP contribution in [0, 0.1) is 79.8 Å². The Morgan fingerprint density at radius 2 is 1.66 bits per heavy atom. The fourth-order valence-corrected chi connectivity index (χ4v) is 19.6. The van der Waals surface area contributed by atoms with Crippen LogP contribution in [0.25, 0.3) is 0 Å². The van der Waals surface area contributed by atoms with Crippen molar-refractivity contribution in [2.45, 2.75) is 192 Å². The Bertz CT molecular complexity index is 2100. The van der Waals surface area contributed by atoms with Crippen LogP contribution in [-0.4, -0.2) is 127 Å². The number of carbonyl (C=O) groups is 2. The Morgan fingerprint density at radius 3 is 2.34 bits per heavy atom. The number of hydrogen-bond acceptors (Lipinski definition) is 12. The number of nitrogens with two attached hydrogens (primary N) is 1. The highest BCUT2D eigenvalue weighted by Crippen LogP contribution is 2.81. The van der Waals surface area contributed by atoms with Gasteiger partial charge in [-0.2, -0.15) is 0 Å². The summed E-state index contributed by atoms with van der Waals surface area (Å²) in [6.45, 7) is 9.14. The smallest absolute Gasteiger partial charge is 0.310 e. The number of amides is 1. The Hall–Kier alpha value is -2.47. The second-order valence-electron chi connectivity index (χ2n) is 25.7. The first-order chi connectivity index (χ1) is 33.4. The van der Waals surface area contributed by atoms with Gasteiger partial charge in [0.15, 0.2) is 6.29 Å². The van der Waals surface area contributed by atoms with Gasteiger partial charge in [-0.1, -0.05) is 65.0 Å². The average molecular weight is 979 g/mol. The first-order valence-electron chi connectivity index (χ1n) is 27.5. The highest BCUT2D eigenvalue weighted by molar-refractivity contribution is 5.79. The molecule has 2 bridgehead atoms. The Kier molecular flexibility index (Phi) is 13.6. The molecule has 392 valence electrons. The van der Waals surface area contributed by atoms with Crippen molar-refractivity contribution in [2.24, 2.45) is 85.6 Å². The first-order valence-corrected chi connectivity index (χ1v) is 27.5. The van der Waals surface area contributed by atoms with E-state index >= 15 is 0 Å². The molecule has 2 aliphatic heterocycles. The zero-order valence-corrected chi connectivity index (χ0v) is 42.3. The maximum atomic E-state index is 14.1. The fourth-order valence-electron chi connectivity index (χ4n) is 19.6. The number of carboxylic acids is 1. The van der Waals surface area contributed by atoms with E-state index in [1.165, 1.54) is 5.57 Å². The summed E-state index contributed by atoms with van der Waals surface area (Å²) < 4.78 is 12.8. The molecule has 1 amide bonds. The number of carbonyl (C=O) groups excluding carboxylic acids is 1. The minimum absolute atomic E-state index is 0.00363. The van der Waals surface area contributed by atoms with Gasteiger partial charge in [0.25, 0.3) is 0 Å². The molecule has 6 saturated carbocycles. The number of fused-ring (bicyclic) bond motifs is 8. The lowest BCUT2D eigenvalue weighted by Crippen LogP contribution is -2.75. The van der Waals surface area contributed by atoms with Crippen molar-refractivity contribution in [1.29, 1.82) is 0 Å². The monoisotopic (exact) mass is 979 g/mol. The van der Waals surface area contributed by atoms with Crippen molar-refractivity contribution in [2.75, 3.05) is 26.4 Å². The topological polar surface area (TPSA) is 261 Å². The number of imidazole rings is 1.